The van der Waals surface area contributed by atoms with Crippen LogP contribution in [0.1, 0.15) is 174 Å². The van der Waals surface area contributed by atoms with Crippen LogP contribution in [0.5, 0.6) is 0 Å². The van der Waals surface area contributed by atoms with Gasteiger partial charge in [-0.1, -0.05) is 103 Å². The van der Waals surface area contributed by atoms with Crippen molar-refractivity contribution in [1.82, 2.24) is 0 Å². The Balaban J connectivity index is 1.75. The molecule has 0 spiro atoms. The highest BCUT2D eigenvalue weighted by atomic mass is 16.7. The maximum absolute atomic E-state index is 11.5. The maximum atomic E-state index is 11.5. The predicted octanol–water partition coefficient (Wildman–Crippen LogP) is 9.82. The Morgan fingerprint density at radius 1 is 0.538 bits per heavy atom. The third-order valence-corrected chi connectivity index (χ3v) is 10.7. The fourth-order valence-corrected chi connectivity index (χ4v) is 7.79. The zero-order valence-electron chi connectivity index (χ0n) is 34.1. The van der Waals surface area contributed by atoms with E-state index in [0.29, 0.717) is 19.1 Å². The highest BCUT2D eigenvalue weighted by Crippen LogP contribution is 2.33. The standard InChI is InChI=1S/C42H80O10/c1-6-8-9-10-11-15-18-21-24-36(48-32-44-3)40-30-31-41(52-40)38(50-34-46-5)29-28-37(49-33-45-4)39-27-26-35(51-39)23-20-17-14-12-13-16-19-22-25-42(43)47-7-2/h35-41H,6-34H2,1-5H3/t35-,36+,37+,38-,39+,40-,41-/m1/s1. The first-order valence-corrected chi connectivity index (χ1v) is 21.3. The summed E-state index contributed by atoms with van der Waals surface area (Å²) in [6.07, 6.45) is 28.3. The van der Waals surface area contributed by atoms with Crippen LogP contribution in [0.4, 0.5) is 0 Å². The molecule has 0 amide bonds. The molecule has 0 radical (unpaired) electrons. The third-order valence-electron chi connectivity index (χ3n) is 10.7. The molecular weight excluding hydrogens is 664 g/mol. The zero-order chi connectivity index (χ0) is 37.5. The number of hydrogen-bond acceptors (Lipinski definition) is 10. The van der Waals surface area contributed by atoms with Crippen LogP contribution < -0.4 is 0 Å². The third kappa shape index (κ3) is 21.9. The summed E-state index contributed by atoms with van der Waals surface area (Å²) in [6, 6.07) is 0. The molecule has 0 aromatic carbocycles. The lowest BCUT2D eigenvalue weighted by atomic mass is 9.98. The average molecular weight is 745 g/mol. The van der Waals surface area contributed by atoms with Crippen molar-refractivity contribution in [2.45, 2.75) is 217 Å². The Hall–Kier alpha value is -0.850. The molecule has 0 saturated carbocycles. The normalized spacial score (nSPS) is 22.2. The average Bonchev–Trinajstić information content (AvgIpc) is 3.83. The molecule has 2 aliphatic heterocycles. The van der Waals surface area contributed by atoms with Gasteiger partial charge in [-0.25, -0.2) is 0 Å². The minimum absolute atomic E-state index is 0.0164. The summed E-state index contributed by atoms with van der Waals surface area (Å²) >= 11 is 0. The smallest absolute Gasteiger partial charge is 0.305 e. The predicted molar refractivity (Wildman–Crippen MR) is 205 cm³/mol. The molecular formula is C42H80O10. The van der Waals surface area contributed by atoms with Crippen molar-refractivity contribution in [3.8, 4) is 0 Å². The molecule has 0 aliphatic carbocycles. The fraction of sp³-hybridized carbons (Fsp3) is 0.976. The zero-order valence-corrected chi connectivity index (χ0v) is 34.1. The Kier molecular flexibility index (Phi) is 29.5. The first-order chi connectivity index (χ1) is 25.6. The maximum Gasteiger partial charge on any atom is 0.305 e. The Labute approximate surface area is 318 Å². The number of rotatable bonds is 36. The molecule has 10 nitrogen and oxygen atoms in total. The Morgan fingerprint density at radius 2 is 0.981 bits per heavy atom. The van der Waals surface area contributed by atoms with E-state index >= 15 is 0 Å². The summed E-state index contributed by atoms with van der Waals surface area (Å²) in [6.45, 7) is 5.37. The summed E-state index contributed by atoms with van der Waals surface area (Å²) in [4.78, 5) is 11.5. The van der Waals surface area contributed by atoms with Crippen LogP contribution >= 0.6 is 0 Å². The van der Waals surface area contributed by atoms with E-state index in [0.717, 1.165) is 70.6 Å². The van der Waals surface area contributed by atoms with E-state index < -0.39 is 0 Å². The summed E-state index contributed by atoms with van der Waals surface area (Å²) in [5.74, 6) is -0.0645. The molecule has 7 atom stereocenters. The number of carbonyl (C=O) groups excluding carboxylic acids is 1. The Morgan fingerprint density at radius 3 is 1.50 bits per heavy atom. The molecule has 2 heterocycles. The van der Waals surface area contributed by atoms with E-state index in [9.17, 15) is 4.79 Å². The van der Waals surface area contributed by atoms with Crippen molar-refractivity contribution in [3.05, 3.63) is 0 Å². The van der Waals surface area contributed by atoms with Gasteiger partial charge in [0.1, 0.15) is 20.4 Å². The highest BCUT2D eigenvalue weighted by Gasteiger charge is 2.38. The van der Waals surface area contributed by atoms with E-state index in [-0.39, 0.29) is 63.0 Å². The van der Waals surface area contributed by atoms with Gasteiger partial charge in [0.15, 0.2) is 0 Å². The molecule has 0 aromatic rings. The number of hydrogen-bond donors (Lipinski definition) is 0. The van der Waals surface area contributed by atoms with Crippen LogP contribution in [0.15, 0.2) is 0 Å². The number of unbranched alkanes of at least 4 members (excludes halogenated alkanes) is 14. The van der Waals surface area contributed by atoms with E-state index in [4.69, 9.17) is 42.6 Å². The van der Waals surface area contributed by atoms with Crippen LogP contribution in [-0.2, 0) is 47.4 Å². The lowest BCUT2D eigenvalue weighted by Gasteiger charge is -2.29. The van der Waals surface area contributed by atoms with Gasteiger partial charge in [0.2, 0.25) is 0 Å². The van der Waals surface area contributed by atoms with Crippen LogP contribution in [0.2, 0.25) is 0 Å². The monoisotopic (exact) mass is 745 g/mol. The van der Waals surface area contributed by atoms with Gasteiger partial charge in [-0.2, -0.15) is 0 Å². The molecule has 10 heteroatoms. The van der Waals surface area contributed by atoms with Gasteiger partial charge in [0.05, 0.1) is 49.3 Å². The highest BCUT2D eigenvalue weighted by molar-refractivity contribution is 5.69. The van der Waals surface area contributed by atoms with Gasteiger partial charge >= 0.3 is 5.97 Å². The van der Waals surface area contributed by atoms with Crippen LogP contribution in [0.3, 0.4) is 0 Å². The van der Waals surface area contributed by atoms with E-state index in [1.54, 1.807) is 21.3 Å². The van der Waals surface area contributed by atoms with Crippen LogP contribution in [0, 0.1) is 0 Å². The first kappa shape index (κ1) is 47.3. The second kappa shape index (κ2) is 32.4. The van der Waals surface area contributed by atoms with E-state index in [1.807, 2.05) is 6.92 Å². The van der Waals surface area contributed by atoms with Crippen molar-refractivity contribution in [2.24, 2.45) is 0 Å². The van der Waals surface area contributed by atoms with Gasteiger partial charge in [0.25, 0.3) is 0 Å². The summed E-state index contributed by atoms with van der Waals surface area (Å²) in [5.41, 5.74) is 0. The van der Waals surface area contributed by atoms with Crippen LogP contribution in [0.25, 0.3) is 0 Å². The Bertz CT molecular complexity index is 816. The summed E-state index contributed by atoms with van der Waals surface area (Å²) < 4.78 is 52.9. The SMILES string of the molecule is CCCCCCCCCC[C@H](OCOC)[C@H]1CC[C@H]([C@@H](CC[C@H](OCOC)[C@@H]2CC[C@@H](CCCCCCCCCCC(=O)OCC)O2)OCOC)O1. The second-order valence-corrected chi connectivity index (χ2v) is 15.0. The summed E-state index contributed by atoms with van der Waals surface area (Å²) in [7, 11) is 5.02. The molecule has 308 valence electrons. The van der Waals surface area contributed by atoms with Gasteiger partial charge < -0.3 is 42.6 Å². The van der Waals surface area contributed by atoms with Gasteiger partial charge in [0, 0.05) is 27.8 Å². The number of ether oxygens (including phenoxy) is 9. The lowest BCUT2D eigenvalue weighted by molar-refractivity contribution is -0.165. The van der Waals surface area contributed by atoms with Crippen molar-refractivity contribution in [3.63, 3.8) is 0 Å². The molecule has 2 aliphatic rings. The molecule has 0 bridgehead atoms. The fourth-order valence-electron chi connectivity index (χ4n) is 7.79. The van der Waals surface area contributed by atoms with Crippen molar-refractivity contribution in [1.29, 1.82) is 0 Å². The van der Waals surface area contributed by atoms with Crippen molar-refractivity contribution >= 4 is 5.97 Å². The largest absolute Gasteiger partial charge is 0.466 e. The molecule has 2 rings (SSSR count). The molecule has 2 fully saturated rings. The summed E-state index contributed by atoms with van der Waals surface area (Å²) in [5, 5.41) is 0. The van der Waals surface area contributed by atoms with E-state index in [2.05, 4.69) is 6.92 Å². The van der Waals surface area contributed by atoms with Gasteiger partial charge in [-0.05, 0) is 64.7 Å². The molecule has 0 N–H and O–H groups in total. The van der Waals surface area contributed by atoms with Crippen molar-refractivity contribution < 1.29 is 47.4 Å². The van der Waals surface area contributed by atoms with Gasteiger partial charge in [-0.15, -0.1) is 0 Å². The molecule has 0 unspecified atom stereocenters. The first-order valence-electron chi connectivity index (χ1n) is 21.3. The molecule has 2 saturated heterocycles. The quantitative estimate of drug-likeness (QED) is 0.0350. The minimum Gasteiger partial charge on any atom is -0.466 e. The van der Waals surface area contributed by atoms with E-state index in [1.165, 1.54) is 83.5 Å². The number of methoxy groups -OCH3 is 3. The minimum atomic E-state index is -0.0976. The number of esters is 1. The van der Waals surface area contributed by atoms with Crippen molar-refractivity contribution in [2.75, 3.05) is 48.3 Å². The molecule has 52 heavy (non-hydrogen) atoms. The lowest BCUT2D eigenvalue weighted by Crippen LogP contribution is -2.36. The van der Waals surface area contributed by atoms with Crippen LogP contribution in [-0.4, -0.2) is 97.0 Å². The molecule has 0 aromatic heterocycles. The number of carbonyl (C=O) groups is 1. The van der Waals surface area contributed by atoms with Gasteiger partial charge in [-0.3, -0.25) is 4.79 Å². The second-order valence-electron chi connectivity index (χ2n) is 15.0. The topological polar surface area (TPSA) is 100 Å².